The molecule has 0 atom stereocenters. The average Bonchev–Trinajstić information content (AvgIpc) is 3.11. The number of hydrogen-bond acceptors (Lipinski definition) is 5. The highest BCUT2D eigenvalue weighted by molar-refractivity contribution is 7.15. The van der Waals surface area contributed by atoms with Gasteiger partial charge in [0, 0.05) is 23.7 Å². The molecular formula is C25H35NO3S. The maximum atomic E-state index is 11.7. The van der Waals surface area contributed by atoms with Crippen LogP contribution in [0.3, 0.4) is 0 Å². The maximum Gasteiger partial charge on any atom is 0.160 e. The van der Waals surface area contributed by atoms with Crippen LogP contribution in [0.5, 0.6) is 0 Å². The predicted octanol–water partition coefficient (Wildman–Crippen LogP) is 5.21. The van der Waals surface area contributed by atoms with Crippen LogP contribution in [0.1, 0.15) is 70.8 Å². The van der Waals surface area contributed by atoms with Gasteiger partial charge in [0.15, 0.2) is 6.29 Å². The molecule has 5 heteroatoms. The van der Waals surface area contributed by atoms with Crippen LogP contribution in [-0.4, -0.2) is 42.8 Å². The Labute approximate surface area is 184 Å². The number of anilines is 1. The van der Waals surface area contributed by atoms with Crippen LogP contribution in [0.25, 0.3) is 12.2 Å². The van der Waals surface area contributed by atoms with Gasteiger partial charge in [-0.1, -0.05) is 44.9 Å². The molecule has 0 aliphatic carbocycles. The summed E-state index contributed by atoms with van der Waals surface area (Å²) in [5, 5.41) is 18.4. The lowest BCUT2D eigenvalue weighted by atomic mass is 9.98. The van der Waals surface area contributed by atoms with Gasteiger partial charge < -0.3 is 15.1 Å². The summed E-state index contributed by atoms with van der Waals surface area (Å²) in [6.45, 7) is 5.50. The Kier molecular flexibility index (Phi) is 10.8. The zero-order chi connectivity index (χ0) is 21.8. The number of thiophene rings is 1. The SMILES string of the molecule is CCCCc1c(C=O)sc(/C=C/c2ccc(N(CCO)CCO)cc2)c1CCCC. The topological polar surface area (TPSA) is 60.8 Å². The van der Waals surface area contributed by atoms with E-state index in [0.29, 0.717) is 13.1 Å². The summed E-state index contributed by atoms with van der Waals surface area (Å²) in [5.74, 6) is 0. The smallest absolute Gasteiger partial charge is 0.160 e. The van der Waals surface area contributed by atoms with Crippen molar-refractivity contribution in [2.45, 2.75) is 52.4 Å². The molecule has 0 aliphatic heterocycles. The average molecular weight is 430 g/mol. The van der Waals surface area contributed by atoms with E-state index >= 15 is 0 Å². The summed E-state index contributed by atoms with van der Waals surface area (Å²) >= 11 is 1.61. The third-order valence-corrected chi connectivity index (χ3v) is 6.44. The van der Waals surface area contributed by atoms with Gasteiger partial charge in [-0.3, -0.25) is 4.79 Å². The standard InChI is InChI=1S/C25H35NO3S/c1-3-5-7-22-23(8-6-4-2)25(19-29)30-24(22)14-11-20-9-12-21(13-10-20)26(15-17-27)16-18-28/h9-14,19,27-28H,3-8,15-18H2,1-2H3/b14-11+. The molecule has 0 amide bonds. The van der Waals surface area contributed by atoms with Crippen LogP contribution in [0, 0.1) is 0 Å². The molecule has 0 unspecified atom stereocenters. The van der Waals surface area contributed by atoms with Crippen molar-refractivity contribution in [1.82, 2.24) is 0 Å². The van der Waals surface area contributed by atoms with Gasteiger partial charge >= 0.3 is 0 Å². The fourth-order valence-electron chi connectivity index (χ4n) is 3.60. The molecule has 1 aromatic carbocycles. The van der Waals surface area contributed by atoms with Gasteiger partial charge in [0.25, 0.3) is 0 Å². The Morgan fingerprint density at radius 1 is 0.867 bits per heavy atom. The van der Waals surface area contributed by atoms with E-state index in [9.17, 15) is 15.0 Å². The van der Waals surface area contributed by atoms with Crippen molar-refractivity contribution < 1.29 is 15.0 Å². The van der Waals surface area contributed by atoms with Crippen molar-refractivity contribution in [2.24, 2.45) is 0 Å². The first-order chi connectivity index (χ1) is 14.7. The summed E-state index contributed by atoms with van der Waals surface area (Å²) in [7, 11) is 0. The quantitative estimate of drug-likeness (QED) is 0.405. The van der Waals surface area contributed by atoms with Crippen molar-refractivity contribution in [3.8, 4) is 0 Å². The maximum absolute atomic E-state index is 11.7. The molecule has 2 rings (SSSR count). The Morgan fingerprint density at radius 2 is 1.43 bits per heavy atom. The van der Waals surface area contributed by atoms with Crippen molar-refractivity contribution in [3.05, 3.63) is 50.7 Å². The van der Waals surface area contributed by atoms with Crippen molar-refractivity contribution in [1.29, 1.82) is 0 Å². The number of aliphatic hydroxyl groups is 2. The van der Waals surface area contributed by atoms with E-state index in [4.69, 9.17) is 0 Å². The predicted molar refractivity (Wildman–Crippen MR) is 129 cm³/mol. The summed E-state index contributed by atoms with van der Waals surface area (Å²) in [6.07, 6.45) is 11.8. The van der Waals surface area contributed by atoms with E-state index in [1.807, 2.05) is 29.2 Å². The van der Waals surface area contributed by atoms with Crippen molar-refractivity contribution >= 4 is 35.5 Å². The number of aliphatic hydroxyl groups excluding tert-OH is 2. The van der Waals surface area contributed by atoms with Crippen molar-refractivity contribution in [2.75, 3.05) is 31.2 Å². The summed E-state index contributed by atoms with van der Waals surface area (Å²) in [5.41, 5.74) is 4.68. The number of rotatable bonds is 14. The monoisotopic (exact) mass is 429 g/mol. The summed E-state index contributed by atoms with van der Waals surface area (Å²) < 4.78 is 0. The molecule has 0 fully saturated rings. The van der Waals surface area contributed by atoms with Gasteiger partial charge in [-0.05, 0) is 60.6 Å². The zero-order valence-corrected chi connectivity index (χ0v) is 19.1. The lowest BCUT2D eigenvalue weighted by Crippen LogP contribution is -2.29. The van der Waals surface area contributed by atoms with Crippen molar-refractivity contribution in [3.63, 3.8) is 0 Å². The first-order valence-electron chi connectivity index (χ1n) is 11.0. The molecular weight excluding hydrogens is 394 g/mol. The second kappa shape index (κ2) is 13.4. The van der Waals surface area contributed by atoms with Crippen LogP contribution < -0.4 is 4.90 Å². The molecule has 164 valence electrons. The van der Waals surface area contributed by atoms with Crippen LogP contribution in [0.2, 0.25) is 0 Å². The largest absolute Gasteiger partial charge is 0.395 e. The molecule has 0 bridgehead atoms. The lowest BCUT2D eigenvalue weighted by Gasteiger charge is -2.22. The molecule has 4 nitrogen and oxygen atoms in total. The van der Waals surface area contributed by atoms with E-state index in [-0.39, 0.29) is 13.2 Å². The third kappa shape index (κ3) is 6.79. The Morgan fingerprint density at radius 3 is 1.93 bits per heavy atom. The van der Waals surface area contributed by atoms with Crippen LogP contribution in [-0.2, 0) is 12.8 Å². The molecule has 30 heavy (non-hydrogen) atoms. The number of hydrogen-bond donors (Lipinski definition) is 2. The number of carbonyl (C=O) groups is 1. The van der Waals surface area contributed by atoms with E-state index < -0.39 is 0 Å². The van der Waals surface area contributed by atoms with Gasteiger partial charge in [0.1, 0.15) is 0 Å². The third-order valence-electron chi connectivity index (χ3n) is 5.27. The first kappa shape index (κ1) is 24.3. The molecule has 1 heterocycles. The minimum Gasteiger partial charge on any atom is -0.395 e. The summed E-state index contributed by atoms with van der Waals surface area (Å²) in [6, 6.07) is 8.12. The Hall–Kier alpha value is -1.95. The van der Waals surface area contributed by atoms with Gasteiger partial charge in [0.05, 0.1) is 18.1 Å². The highest BCUT2D eigenvalue weighted by atomic mass is 32.1. The first-order valence-corrected chi connectivity index (χ1v) is 11.8. The Bertz CT molecular complexity index is 789. The molecule has 0 saturated carbocycles. The number of unbranched alkanes of at least 4 members (excludes halogenated alkanes) is 2. The molecule has 2 N–H and O–H groups in total. The molecule has 0 aliphatic rings. The van der Waals surface area contributed by atoms with Gasteiger partial charge in [-0.25, -0.2) is 0 Å². The Balaban J connectivity index is 2.25. The van der Waals surface area contributed by atoms with E-state index in [2.05, 4.69) is 26.0 Å². The van der Waals surface area contributed by atoms with Crippen LogP contribution in [0.15, 0.2) is 24.3 Å². The molecule has 0 radical (unpaired) electrons. The normalized spacial score (nSPS) is 11.3. The number of carbonyl (C=O) groups excluding carboxylic acids is 1. The summed E-state index contributed by atoms with van der Waals surface area (Å²) in [4.78, 5) is 15.7. The molecule has 0 saturated heterocycles. The number of nitrogens with zero attached hydrogens (tertiary/aromatic N) is 1. The van der Waals surface area contributed by atoms with E-state index in [1.165, 1.54) is 16.0 Å². The minimum absolute atomic E-state index is 0.0556. The van der Waals surface area contributed by atoms with Gasteiger partial charge in [-0.2, -0.15) is 0 Å². The van der Waals surface area contributed by atoms with E-state index in [1.54, 1.807) is 11.3 Å². The fourth-order valence-corrected chi connectivity index (χ4v) is 4.72. The number of benzene rings is 1. The highest BCUT2D eigenvalue weighted by Gasteiger charge is 2.15. The number of aldehydes is 1. The fraction of sp³-hybridized carbons (Fsp3) is 0.480. The lowest BCUT2D eigenvalue weighted by molar-refractivity contribution is 0.112. The van der Waals surface area contributed by atoms with Gasteiger partial charge in [-0.15, -0.1) is 11.3 Å². The van der Waals surface area contributed by atoms with Crippen LogP contribution >= 0.6 is 11.3 Å². The highest BCUT2D eigenvalue weighted by Crippen LogP contribution is 2.32. The molecule has 2 aromatic rings. The molecule has 0 spiro atoms. The molecule has 1 aromatic heterocycles. The van der Waals surface area contributed by atoms with Gasteiger partial charge in [0.2, 0.25) is 0 Å². The van der Waals surface area contributed by atoms with Crippen LogP contribution in [0.4, 0.5) is 5.69 Å². The second-order valence-electron chi connectivity index (χ2n) is 7.47. The van der Waals surface area contributed by atoms with E-state index in [0.717, 1.165) is 60.9 Å². The minimum atomic E-state index is 0.0556. The second-order valence-corrected chi connectivity index (χ2v) is 8.56. The zero-order valence-electron chi connectivity index (χ0n) is 18.3.